The van der Waals surface area contributed by atoms with Gasteiger partial charge in [0.05, 0.1) is 11.2 Å². The Labute approximate surface area is 235 Å². The summed E-state index contributed by atoms with van der Waals surface area (Å²) in [7, 11) is 0. The zero-order valence-corrected chi connectivity index (χ0v) is 23.9. The molecule has 5 heterocycles. The molecule has 218 valence electrons. The molecule has 1 unspecified atom stereocenters. The van der Waals surface area contributed by atoms with Crippen LogP contribution in [0.1, 0.15) is 77.3 Å². The summed E-state index contributed by atoms with van der Waals surface area (Å²) in [5.41, 5.74) is 1.31. The number of carbonyl (C=O) groups is 2. The van der Waals surface area contributed by atoms with Crippen molar-refractivity contribution in [3.8, 4) is 0 Å². The number of nitrogens with zero attached hydrogens (tertiary/aromatic N) is 4. The van der Waals surface area contributed by atoms with Crippen LogP contribution in [-0.4, -0.2) is 71.7 Å². The number of likely N-dealkylation sites (tertiary alicyclic amines) is 1. The molecule has 1 aromatic carbocycles. The lowest BCUT2D eigenvalue weighted by Gasteiger charge is -2.45. The molecule has 0 radical (unpaired) electrons. The fourth-order valence-corrected chi connectivity index (χ4v) is 7.62. The minimum absolute atomic E-state index is 0.155. The standard InChI is InChI=1S/C30H43FN6O3/c1-20(2)36-27-23(37(29(36)40)24-5-6-25(38)33-28(24)39)4-3-22(26(27)31)35-15-7-21(8-16-35)19-34-17-11-30(12-18-34)9-13-32-14-10-30/h3-4,20-21,24,32H,5-19H2,1-2H3,(H,33,38,39). The van der Waals surface area contributed by atoms with Gasteiger partial charge in [0.15, 0.2) is 5.82 Å². The van der Waals surface area contributed by atoms with Gasteiger partial charge in [-0.1, -0.05) is 0 Å². The van der Waals surface area contributed by atoms with Gasteiger partial charge >= 0.3 is 5.69 Å². The Morgan fingerprint density at radius 2 is 1.68 bits per heavy atom. The van der Waals surface area contributed by atoms with Crippen LogP contribution in [0.15, 0.2) is 16.9 Å². The first kappa shape index (κ1) is 27.4. The van der Waals surface area contributed by atoms with Crippen molar-refractivity contribution in [3.05, 3.63) is 28.4 Å². The average molecular weight is 555 g/mol. The van der Waals surface area contributed by atoms with Crippen molar-refractivity contribution in [2.45, 2.75) is 77.3 Å². The molecule has 2 amide bonds. The van der Waals surface area contributed by atoms with Crippen LogP contribution in [0, 0.1) is 17.2 Å². The number of hydrogen-bond donors (Lipinski definition) is 2. The van der Waals surface area contributed by atoms with E-state index in [2.05, 4.69) is 20.4 Å². The summed E-state index contributed by atoms with van der Waals surface area (Å²) in [6.45, 7) is 11.1. The van der Waals surface area contributed by atoms with Gasteiger partial charge in [-0.25, -0.2) is 9.18 Å². The molecule has 40 heavy (non-hydrogen) atoms. The lowest BCUT2D eigenvalue weighted by atomic mass is 9.71. The van der Waals surface area contributed by atoms with Crippen molar-refractivity contribution in [1.82, 2.24) is 24.7 Å². The first-order valence-electron chi connectivity index (χ1n) is 15.2. The van der Waals surface area contributed by atoms with Crippen molar-refractivity contribution < 1.29 is 14.0 Å². The predicted octanol–water partition coefficient (Wildman–Crippen LogP) is 3.18. The minimum atomic E-state index is -0.826. The maximum atomic E-state index is 16.3. The van der Waals surface area contributed by atoms with E-state index >= 15 is 4.39 Å². The van der Waals surface area contributed by atoms with E-state index in [9.17, 15) is 14.4 Å². The van der Waals surface area contributed by atoms with Gasteiger partial charge in [0, 0.05) is 32.1 Å². The van der Waals surface area contributed by atoms with Crippen molar-refractivity contribution in [1.29, 1.82) is 0 Å². The molecule has 6 rings (SSSR count). The SMILES string of the molecule is CC(C)n1c(=O)n(C2CCC(=O)NC2=O)c2ccc(N3CCC(CN4CCC5(CCNCC5)CC4)CC3)c(F)c21. The van der Waals surface area contributed by atoms with E-state index in [-0.39, 0.29) is 30.3 Å². The fourth-order valence-electron chi connectivity index (χ4n) is 7.62. The topological polar surface area (TPSA) is 91.6 Å². The summed E-state index contributed by atoms with van der Waals surface area (Å²) < 4.78 is 19.1. The zero-order chi connectivity index (χ0) is 28.0. The normalized spacial score (nSPS) is 24.8. The van der Waals surface area contributed by atoms with Gasteiger partial charge in [-0.3, -0.25) is 24.0 Å². The number of amides is 2. The number of imide groups is 1. The minimum Gasteiger partial charge on any atom is -0.369 e. The number of imidazole rings is 1. The number of halogens is 1. The molecule has 10 heteroatoms. The van der Waals surface area contributed by atoms with Gasteiger partial charge < -0.3 is 15.1 Å². The van der Waals surface area contributed by atoms with Crippen LogP contribution in [0.4, 0.5) is 10.1 Å². The van der Waals surface area contributed by atoms with Crippen LogP contribution in [0.5, 0.6) is 0 Å². The molecule has 2 aromatic rings. The van der Waals surface area contributed by atoms with Crippen LogP contribution in [0.25, 0.3) is 11.0 Å². The largest absolute Gasteiger partial charge is 0.369 e. The molecule has 4 aliphatic rings. The maximum Gasteiger partial charge on any atom is 0.330 e. The third-order valence-corrected chi connectivity index (χ3v) is 10.1. The van der Waals surface area contributed by atoms with Gasteiger partial charge in [-0.15, -0.1) is 0 Å². The summed E-state index contributed by atoms with van der Waals surface area (Å²) in [6, 6.07) is 2.42. The summed E-state index contributed by atoms with van der Waals surface area (Å²) >= 11 is 0. The molecule has 0 saturated carbocycles. The monoisotopic (exact) mass is 554 g/mol. The number of rotatable bonds is 5. The Morgan fingerprint density at radius 3 is 2.33 bits per heavy atom. The molecule has 9 nitrogen and oxygen atoms in total. The molecule has 1 atom stereocenters. The summed E-state index contributed by atoms with van der Waals surface area (Å²) in [6.07, 6.45) is 7.70. The number of fused-ring (bicyclic) bond motifs is 1. The van der Waals surface area contributed by atoms with E-state index in [1.807, 2.05) is 13.8 Å². The first-order valence-corrected chi connectivity index (χ1v) is 15.2. The van der Waals surface area contributed by atoms with Crippen LogP contribution in [-0.2, 0) is 9.59 Å². The smallest absolute Gasteiger partial charge is 0.330 e. The summed E-state index contributed by atoms with van der Waals surface area (Å²) in [5, 5.41) is 5.83. The number of benzene rings is 1. The Hall–Kier alpha value is -2.72. The number of nitrogens with one attached hydrogen (secondary N) is 2. The first-order chi connectivity index (χ1) is 19.3. The molecular formula is C30H43FN6O3. The van der Waals surface area contributed by atoms with Crippen molar-refractivity contribution in [3.63, 3.8) is 0 Å². The van der Waals surface area contributed by atoms with E-state index < -0.39 is 23.5 Å². The van der Waals surface area contributed by atoms with E-state index in [1.165, 1.54) is 47.9 Å². The van der Waals surface area contributed by atoms with Gasteiger partial charge in [-0.2, -0.15) is 0 Å². The third kappa shape index (κ3) is 4.98. The molecule has 4 aliphatic heterocycles. The molecule has 4 fully saturated rings. The highest BCUT2D eigenvalue weighted by atomic mass is 19.1. The quantitative estimate of drug-likeness (QED) is 0.552. The molecule has 1 aromatic heterocycles. The predicted molar refractivity (Wildman–Crippen MR) is 153 cm³/mol. The molecule has 1 spiro atoms. The van der Waals surface area contributed by atoms with Gasteiger partial charge in [0.1, 0.15) is 11.6 Å². The lowest BCUT2D eigenvalue weighted by Crippen LogP contribution is -2.47. The Balaban J connectivity index is 1.16. The number of hydrogen-bond acceptors (Lipinski definition) is 6. The second-order valence-electron chi connectivity index (χ2n) is 12.8. The molecule has 0 bridgehead atoms. The van der Waals surface area contributed by atoms with Crippen LogP contribution < -0.4 is 21.2 Å². The zero-order valence-electron chi connectivity index (χ0n) is 23.9. The number of anilines is 1. The third-order valence-electron chi connectivity index (χ3n) is 10.1. The van der Waals surface area contributed by atoms with Gasteiger partial charge in [0.2, 0.25) is 11.8 Å². The lowest BCUT2D eigenvalue weighted by molar-refractivity contribution is -0.135. The van der Waals surface area contributed by atoms with E-state index in [0.29, 0.717) is 22.5 Å². The van der Waals surface area contributed by atoms with Crippen LogP contribution >= 0.6 is 0 Å². The number of carbonyl (C=O) groups excluding carboxylic acids is 2. The fraction of sp³-hybridized carbons (Fsp3) is 0.700. The van der Waals surface area contributed by atoms with Gasteiger partial charge in [0.25, 0.3) is 0 Å². The van der Waals surface area contributed by atoms with Crippen molar-refractivity contribution >= 4 is 28.5 Å². The number of aromatic nitrogens is 2. The molecule has 0 aliphatic carbocycles. The average Bonchev–Trinajstić information content (AvgIpc) is 3.24. The highest BCUT2D eigenvalue weighted by Crippen LogP contribution is 2.40. The van der Waals surface area contributed by atoms with Gasteiger partial charge in [-0.05, 0) is 108 Å². The Bertz CT molecular complexity index is 1330. The summed E-state index contributed by atoms with van der Waals surface area (Å²) in [4.78, 5) is 42.6. The molecule has 4 saturated heterocycles. The number of piperidine rings is 4. The van der Waals surface area contributed by atoms with E-state index in [1.54, 1.807) is 12.1 Å². The second kappa shape index (κ2) is 10.9. The van der Waals surface area contributed by atoms with Crippen molar-refractivity contribution in [2.75, 3.05) is 50.7 Å². The summed E-state index contributed by atoms with van der Waals surface area (Å²) in [5.74, 6) is -0.638. The highest BCUT2D eigenvalue weighted by molar-refractivity contribution is 6.00. The molecular weight excluding hydrogens is 511 g/mol. The maximum absolute atomic E-state index is 16.3. The second-order valence-corrected chi connectivity index (χ2v) is 12.8. The Morgan fingerprint density at radius 1 is 0.975 bits per heavy atom. The molecule has 2 N–H and O–H groups in total. The highest BCUT2D eigenvalue weighted by Gasteiger charge is 2.37. The van der Waals surface area contributed by atoms with Crippen molar-refractivity contribution in [2.24, 2.45) is 11.3 Å². The van der Waals surface area contributed by atoms with E-state index in [4.69, 9.17) is 0 Å². The van der Waals surface area contributed by atoms with Crippen LogP contribution in [0.2, 0.25) is 0 Å². The van der Waals surface area contributed by atoms with Crippen LogP contribution in [0.3, 0.4) is 0 Å². The Kier molecular flexibility index (Phi) is 7.50. The van der Waals surface area contributed by atoms with E-state index in [0.717, 1.165) is 45.6 Å².